The molecule has 0 aliphatic heterocycles. The van der Waals surface area contributed by atoms with Crippen LogP contribution in [0.5, 0.6) is 0 Å². The van der Waals surface area contributed by atoms with Gasteiger partial charge in [0.2, 0.25) is 17.5 Å². The number of hydrogen-bond donors (Lipinski definition) is 1. The Labute approximate surface area is 143 Å². The molecule has 0 atom stereocenters. The number of rotatable bonds is 4. The number of nitriles is 1. The molecule has 3 aromatic rings. The number of benzene rings is 2. The summed E-state index contributed by atoms with van der Waals surface area (Å²) in [5.41, 5.74) is 1.85. The Morgan fingerprint density at radius 2 is 1.83 bits per heavy atom. The summed E-state index contributed by atoms with van der Waals surface area (Å²) in [6, 6.07) is 16.5. The number of hydrogen-bond acceptors (Lipinski definition) is 4. The number of nitrogens with one attached hydrogen (secondary N) is 1. The summed E-state index contributed by atoms with van der Waals surface area (Å²) in [5, 5.41) is 13.5. The maximum Gasteiger partial charge on any atom is 0.232 e. The highest BCUT2D eigenvalue weighted by Gasteiger charge is 2.14. The number of nitrogens with zero attached hydrogens (tertiary/aromatic N) is 2. The fourth-order valence-corrected chi connectivity index (χ4v) is 2.38. The van der Waals surface area contributed by atoms with Crippen LogP contribution in [0.3, 0.4) is 0 Å². The Hall–Kier alpha value is -2.48. The maximum atomic E-state index is 9.21. The summed E-state index contributed by atoms with van der Waals surface area (Å²) in [6.07, 6.45) is 0. The van der Waals surface area contributed by atoms with Crippen molar-refractivity contribution in [1.82, 2.24) is 4.98 Å². The van der Waals surface area contributed by atoms with E-state index in [0.29, 0.717) is 28.4 Å². The molecule has 1 heterocycles. The smallest absolute Gasteiger partial charge is 0.232 e. The highest BCUT2D eigenvalue weighted by Crippen LogP contribution is 2.27. The van der Waals surface area contributed by atoms with E-state index < -0.39 is 0 Å². The van der Waals surface area contributed by atoms with Gasteiger partial charge in [-0.3, -0.25) is 0 Å². The summed E-state index contributed by atoms with van der Waals surface area (Å²) in [7, 11) is 0. The van der Waals surface area contributed by atoms with Crippen molar-refractivity contribution in [3.05, 3.63) is 69.8 Å². The van der Waals surface area contributed by atoms with Crippen molar-refractivity contribution in [3.63, 3.8) is 0 Å². The van der Waals surface area contributed by atoms with E-state index in [1.165, 1.54) is 0 Å². The molecule has 3 rings (SSSR count). The zero-order valence-corrected chi connectivity index (χ0v) is 13.4. The van der Waals surface area contributed by atoms with Gasteiger partial charge < -0.3 is 9.73 Å². The number of anilines is 1. The Morgan fingerprint density at radius 3 is 2.52 bits per heavy atom. The third-order valence-corrected chi connectivity index (χ3v) is 3.84. The van der Waals surface area contributed by atoms with Crippen LogP contribution in [-0.4, -0.2) is 4.98 Å². The molecule has 1 N–H and O–H groups in total. The van der Waals surface area contributed by atoms with Crippen LogP contribution in [0.25, 0.3) is 11.5 Å². The van der Waals surface area contributed by atoms with Gasteiger partial charge in [0.1, 0.15) is 6.07 Å². The van der Waals surface area contributed by atoms with Crippen LogP contribution in [0.2, 0.25) is 10.0 Å². The van der Waals surface area contributed by atoms with Gasteiger partial charge in [-0.1, -0.05) is 41.4 Å². The van der Waals surface area contributed by atoms with Crippen LogP contribution in [0.4, 0.5) is 5.88 Å². The topological polar surface area (TPSA) is 61.9 Å². The molecule has 114 valence electrons. The minimum atomic E-state index is 0.196. The molecular formula is C17H11Cl2N3O. The van der Waals surface area contributed by atoms with Crippen LogP contribution in [0.15, 0.2) is 52.9 Å². The average Bonchev–Trinajstić information content (AvgIpc) is 2.98. The molecule has 0 saturated carbocycles. The number of aromatic nitrogens is 1. The zero-order chi connectivity index (χ0) is 16.2. The van der Waals surface area contributed by atoms with Crippen LogP contribution in [0.1, 0.15) is 11.3 Å². The van der Waals surface area contributed by atoms with E-state index >= 15 is 0 Å². The second-order valence-electron chi connectivity index (χ2n) is 4.76. The maximum absolute atomic E-state index is 9.21. The molecule has 0 bridgehead atoms. The van der Waals surface area contributed by atoms with Crippen molar-refractivity contribution in [3.8, 4) is 17.5 Å². The van der Waals surface area contributed by atoms with E-state index in [0.717, 1.165) is 11.1 Å². The van der Waals surface area contributed by atoms with E-state index in [1.807, 2.05) is 30.3 Å². The third kappa shape index (κ3) is 3.48. The lowest BCUT2D eigenvalue weighted by molar-refractivity contribution is 0.585. The van der Waals surface area contributed by atoms with Crippen molar-refractivity contribution in [1.29, 1.82) is 5.26 Å². The summed E-state index contributed by atoms with van der Waals surface area (Å²) in [5.74, 6) is 0.678. The number of oxazole rings is 1. The Kier molecular flexibility index (Phi) is 4.52. The van der Waals surface area contributed by atoms with Gasteiger partial charge in [0.25, 0.3) is 0 Å². The lowest BCUT2D eigenvalue weighted by Crippen LogP contribution is -2.00. The van der Waals surface area contributed by atoms with Gasteiger partial charge in [0, 0.05) is 22.2 Å². The van der Waals surface area contributed by atoms with Crippen LogP contribution < -0.4 is 5.32 Å². The zero-order valence-electron chi connectivity index (χ0n) is 11.9. The molecular weight excluding hydrogens is 333 g/mol. The monoisotopic (exact) mass is 343 g/mol. The fourth-order valence-electron chi connectivity index (χ4n) is 2.05. The van der Waals surface area contributed by atoms with Gasteiger partial charge in [-0.25, -0.2) is 0 Å². The van der Waals surface area contributed by atoms with E-state index in [2.05, 4.69) is 10.3 Å². The van der Waals surface area contributed by atoms with Crippen LogP contribution in [0, 0.1) is 11.3 Å². The molecule has 0 spiro atoms. The van der Waals surface area contributed by atoms with Gasteiger partial charge in [0.15, 0.2) is 0 Å². The van der Waals surface area contributed by atoms with Crippen molar-refractivity contribution in [2.75, 3.05) is 5.32 Å². The second-order valence-corrected chi connectivity index (χ2v) is 5.60. The highest BCUT2D eigenvalue weighted by atomic mass is 35.5. The Balaban J connectivity index is 1.84. The summed E-state index contributed by atoms with van der Waals surface area (Å²) < 4.78 is 5.66. The largest absolute Gasteiger partial charge is 0.419 e. The predicted octanol–water partition coefficient (Wildman–Crippen LogP) is 5.13. The molecule has 0 aliphatic carbocycles. The SMILES string of the molecule is N#Cc1nc(-c2ccc(Cl)cc2)oc1NCc1ccccc1Cl. The van der Waals surface area contributed by atoms with E-state index in [9.17, 15) is 5.26 Å². The minimum absolute atomic E-state index is 0.196. The second kappa shape index (κ2) is 6.74. The van der Waals surface area contributed by atoms with E-state index in [-0.39, 0.29) is 5.69 Å². The minimum Gasteiger partial charge on any atom is -0.419 e. The van der Waals surface area contributed by atoms with Gasteiger partial charge in [-0.15, -0.1) is 0 Å². The van der Waals surface area contributed by atoms with Gasteiger partial charge in [-0.05, 0) is 35.9 Å². The quantitative estimate of drug-likeness (QED) is 0.712. The molecule has 6 heteroatoms. The Morgan fingerprint density at radius 1 is 1.09 bits per heavy atom. The van der Waals surface area contributed by atoms with Crippen molar-refractivity contribution >= 4 is 29.1 Å². The van der Waals surface area contributed by atoms with Gasteiger partial charge in [-0.2, -0.15) is 10.2 Å². The average molecular weight is 344 g/mol. The molecule has 1 aromatic heterocycles. The Bertz CT molecular complexity index is 866. The van der Waals surface area contributed by atoms with Crippen molar-refractivity contribution < 1.29 is 4.42 Å². The first-order chi connectivity index (χ1) is 11.2. The molecule has 0 aliphatic rings. The fraction of sp³-hybridized carbons (Fsp3) is 0.0588. The van der Waals surface area contributed by atoms with Crippen LogP contribution in [-0.2, 0) is 6.54 Å². The van der Waals surface area contributed by atoms with Crippen molar-refractivity contribution in [2.45, 2.75) is 6.54 Å². The predicted molar refractivity (Wildman–Crippen MR) is 90.4 cm³/mol. The van der Waals surface area contributed by atoms with Crippen LogP contribution >= 0.6 is 23.2 Å². The molecule has 2 aromatic carbocycles. The summed E-state index contributed by atoms with van der Waals surface area (Å²) in [6.45, 7) is 0.434. The lowest BCUT2D eigenvalue weighted by atomic mass is 10.2. The molecule has 0 fully saturated rings. The molecule has 23 heavy (non-hydrogen) atoms. The molecule has 0 saturated heterocycles. The molecule has 0 radical (unpaired) electrons. The lowest BCUT2D eigenvalue weighted by Gasteiger charge is -2.05. The normalized spacial score (nSPS) is 10.3. The summed E-state index contributed by atoms with van der Waals surface area (Å²) in [4.78, 5) is 4.20. The van der Waals surface area contributed by atoms with E-state index in [4.69, 9.17) is 27.6 Å². The van der Waals surface area contributed by atoms with Gasteiger partial charge in [0.05, 0.1) is 0 Å². The standard InChI is InChI=1S/C17H11Cl2N3O/c18-13-7-5-11(6-8-13)16-22-15(9-20)17(23-16)21-10-12-3-1-2-4-14(12)19/h1-8,21H,10H2. The highest BCUT2D eigenvalue weighted by molar-refractivity contribution is 6.31. The first-order valence-corrected chi connectivity index (χ1v) is 7.57. The third-order valence-electron chi connectivity index (χ3n) is 3.22. The van der Waals surface area contributed by atoms with Crippen molar-refractivity contribution in [2.24, 2.45) is 0 Å². The first kappa shape index (κ1) is 15.4. The summed E-state index contributed by atoms with van der Waals surface area (Å²) >= 11 is 12.0. The molecule has 4 nitrogen and oxygen atoms in total. The van der Waals surface area contributed by atoms with E-state index in [1.54, 1.807) is 24.3 Å². The number of halogens is 2. The molecule has 0 unspecified atom stereocenters. The first-order valence-electron chi connectivity index (χ1n) is 6.81. The van der Waals surface area contributed by atoms with Gasteiger partial charge >= 0.3 is 0 Å². The molecule has 0 amide bonds.